The van der Waals surface area contributed by atoms with E-state index in [0.29, 0.717) is 18.4 Å². The Bertz CT molecular complexity index is 180. The minimum absolute atomic E-state index is 0.317. The van der Waals surface area contributed by atoms with Crippen LogP contribution < -0.4 is 0 Å². The second-order valence-corrected chi connectivity index (χ2v) is 5.49. The Hall–Kier alpha value is -0.300. The summed E-state index contributed by atoms with van der Waals surface area (Å²) in [7, 11) is 0. The summed E-state index contributed by atoms with van der Waals surface area (Å²) in [5.74, 6) is 1.98. The summed E-state index contributed by atoms with van der Waals surface area (Å²) in [5, 5.41) is 8.89. The standard InChI is InChI=1S/C14H28O/c1-11(2)8-14(9-12(3)4)10-13(5)6-7-15/h8,11-13,15H,6-7,9-10H2,1-5H3. The van der Waals surface area contributed by atoms with Crippen molar-refractivity contribution in [3.05, 3.63) is 11.6 Å². The zero-order valence-electron chi connectivity index (χ0n) is 11.1. The minimum Gasteiger partial charge on any atom is -0.396 e. The van der Waals surface area contributed by atoms with E-state index in [1.54, 1.807) is 5.57 Å². The van der Waals surface area contributed by atoms with Crippen LogP contribution in [0.25, 0.3) is 0 Å². The summed E-state index contributed by atoms with van der Waals surface area (Å²) in [6.45, 7) is 11.5. The lowest BCUT2D eigenvalue weighted by Gasteiger charge is -2.16. The predicted octanol–water partition coefficient (Wildman–Crippen LogP) is 4.02. The molecule has 1 nitrogen and oxygen atoms in total. The third-order valence-electron chi connectivity index (χ3n) is 2.47. The van der Waals surface area contributed by atoms with Gasteiger partial charge in [0.1, 0.15) is 0 Å². The van der Waals surface area contributed by atoms with Crippen LogP contribution in [0.15, 0.2) is 11.6 Å². The van der Waals surface area contributed by atoms with Gasteiger partial charge in [-0.25, -0.2) is 0 Å². The molecule has 0 saturated carbocycles. The van der Waals surface area contributed by atoms with Crippen molar-refractivity contribution in [1.29, 1.82) is 0 Å². The number of rotatable bonds is 7. The average molecular weight is 212 g/mol. The molecule has 0 aliphatic carbocycles. The predicted molar refractivity (Wildman–Crippen MR) is 67.9 cm³/mol. The second kappa shape index (κ2) is 7.92. The van der Waals surface area contributed by atoms with Gasteiger partial charge >= 0.3 is 0 Å². The summed E-state index contributed by atoms with van der Waals surface area (Å²) in [4.78, 5) is 0. The fourth-order valence-corrected chi connectivity index (χ4v) is 1.99. The Morgan fingerprint density at radius 3 is 2.07 bits per heavy atom. The molecule has 0 aliphatic rings. The monoisotopic (exact) mass is 212 g/mol. The Morgan fingerprint density at radius 2 is 1.67 bits per heavy atom. The molecule has 90 valence electrons. The summed E-state index contributed by atoms with van der Waals surface area (Å²) >= 11 is 0. The fourth-order valence-electron chi connectivity index (χ4n) is 1.99. The molecule has 0 rings (SSSR count). The highest BCUT2D eigenvalue weighted by Gasteiger charge is 2.08. The maximum atomic E-state index is 8.89. The van der Waals surface area contributed by atoms with Crippen molar-refractivity contribution in [3.63, 3.8) is 0 Å². The van der Waals surface area contributed by atoms with Crippen molar-refractivity contribution < 1.29 is 5.11 Å². The molecule has 0 aromatic rings. The first-order valence-corrected chi connectivity index (χ1v) is 6.26. The van der Waals surface area contributed by atoms with Crippen LogP contribution in [0.5, 0.6) is 0 Å². The van der Waals surface area contributed by atoms with Crippen molar-refractivity contribution in [2.24, 2.45) is 17.8 Å². The molecule has 15 heavy (non-hydrogen) atoms. The normalized spacial score (nSPS) is 15.1. The van der Waals surface area contributed by atoms with Gasteiger partial charge in [0.2, 0.25) is 0 Å². The first kappa shape index (κ1) is 14.7. The smallest absolute Gasteiger partial charge is 0.0433 e. The number of aliphatic hydroxyl groups excluding tert-OH is 1. The molecule has 0 radical (unpaired) electrons. The van der Waals surface area contributed by atoms with Crippen molar-refractivity contribution in [3.8, 4) is 0 Å². The Labute approximate surface area is 95.6 Å². The first-order chi connectivity index (χ1) is 6.95. The molecule has 0 bridgehead atoms. The molecular weight excluding hydrogens is 184 g/mol. The van der Waals surface area contributed by atoms with E-state index in [2.05, 4.69) is 40.7 Å². The maximum Gasteiger partial charge on any atom is 0.0433 e. The lowest BCUT2D eigenvalue weighted by molar-refractivity contribution is 0.261. The van der Waals surface area contributed by atoms with E-state index in [1.165, 1.54) is 6.42 Å². The average Bonchev–Trinajstić information content (AvgIpc) is 2.00. The molecule has 0 aliphatic heterocycles. The number of hydrogen-bond acceptors (Lipinski definition) is 1. The lowest BCUT2D eigenvalue weighted by Crippen LogP contribution is -2.03. The first-order valence-electron chi connectivity index (χ1n) is 6.26. The summed E-state index contributed by atoms with van der Waals surface area (Å²) in [6.07, 6.45) is 5.67. The van der Waals surface area contributed by atoms with Gasteiger partial charge < -0.3 is 5.11 Å². The van der Waals surface area contributed by atoms with Crippen LogP contribution in [-0.2, 0) is 0 Å². The van der Waals surface area contributed by atoms with Crippen LogP contribution in [-0.4, -0.2) is 11.7 Å². The highest BCUT2D eigenvalue weighted by atomic mass is 16.3. The Morgan fingerprint density at radius 1 is 1.07 bits per heavy atom. The van der Waals surface area contributed by atoms with Gasteiger partial charge in [0.05, 0.1) is 0 Å². The van der Waals surface area contributed by atoms with Crippen LogP contribution in [0.1, 0.15) is 53.9 Å². The van der Waals surface area contributed by atoms with Gasteiger partial charge in [-0.2, -0.15) is 0 Å². The topological polar surface area (TPSA) is 20.2 Å². The van der Waals surface area contributed by atoms with Crippen LogP contribution in [0.3, 0.4) is 0 Å². The minimum atomic E-state index is 0.317. The van der Waals surface area contributed by atoms with Crippen LogP contribution in [0, 0.1) is 17.8 Å². The zero-order chi connectivity index (χ0) is 11.8. The van der Waals surface area contributed by atoms with Crippen LogP contribution >= 0.6 is 0 Å². The molecule has 1 heteroatoms. The molecule has 0 aromatic heterocycles. The van der Waals surface area contributed by atoms with Gasteiger partial charge in [0, 0.05) is 6.61 Å². The van der Waals surface area contributed by atoms with E-state index in [0.717, 1.165) is 18.8 Å². The zero-order valence-corrected chi connectivity index (χ0v) is 11.1. The summed E-state index contributed by atoms with van der Waals surface area (Å²) in [6, 6.07) is 0. The molecule has 0 fully saturated rings. The fraction of sp³-hybridized carbons (Fsp3) is 0.857. The molecule has 0 spiro atoms. The highest BCUT2D eigenvalue weighted by molar-refractivity contribution is 5.05. The molecular formula is C14H28O. The third-order valence-corrected chi connectivity index (χ3v) is 2.47. The molecule has 0 heterocycles. The largest absolute Gasteiger partial charge is 0.396 e. The SMILES string of the molecule is CC(C)C=C(CC(C)C)CC(C)CCO. The number of aliphatic hydroxyl groups is 1. The van der Waals surface area contributed by atoms with Gasteiger partial charge in [-0.05, 0) is 37.0 Å². The molecule has 1 atom stereocenters. The van der Waals surface area contributed by atoms with Gasteiger partial charge in [-0.3, -0.25) is 0 Å². The molecule has 1 N–H and O–H groups in total. The van der Waals surface area contributed by atoms with E-state index in [1.807, 2.05) is 0 Å². The second-order valence-electron chi connectivity index (χ2n) is 5.49. The number of hydrogen-bond donors (Lipinski definition) is 1. The van der Waals surface area contributed by atoms with E-state index in [9.17, 15) is 0 Å². The summed E-state index contributed by atoms with van der Waals surface area (Å²) < 4.78 is 0. The van der Waals surface area contributed by atoms with Crippen molar-refractivity contribution >= 4 is 0 Å². The van der Waals surface area contributed by atoms with Crippen LogP contribution in [0.2, 0.25) is 0 Å². The summed E-state index contributed by atoms with van der Waals surface area (Å²) in [5.41, 5.74) is 1.57. The van der Waals surface area contributed by atoms with E-state index in [4.69, 9.17) is 5.11 Å². The highest BCUT2D eigenvalue weighted by Crippen LogP contribution is 2.22. The van der Waals surface area contributed by atoms with Crippen molar-refractivity contribution in [2.75, 3.05) is 6.61 Å². The number of allylic oxidation sites excluding steroid dienone is 2. The third kappa shape index (κ3) is 8.68. The van der Waals surface area contributed by atoms with Gasteiger partial charge in [-0.15, -0.1) is 0 Å². The van der Waals surface area contributed by atoms with Crippen molar-refractivity contribution in [2.45, 2.75) is 53.9 Å². The van der Waals surface area contributed by atoms with E-state index in [-0.39, 0.29) is 0 Å². The van der Waals surface area contributed by atoms with Crippen LogP contribution in [0.4, 0.5) is 0 Å². The molecule has 0 aromatic carbocycles. The lowest BCUT2D eigenvalue weighted by atomic mass is 9.91. The van der Waals surface area contributed by atoms with E-state index >= 15 is 0 Å². The van der Waals surface area contributed by atoms with Crippen molar-refractivity contribution in [1.82, 2.24) is 0 Å². The van der Waals surface area contributed by atoms with E-state index < -0.39 is 0 Å². The molecule has 0 saturated heterocycles. The maximum absolute atomic E-state index is 8.89. The Kier molecular flexibility index (Phi) is 7.76. The van der Waals surface area contributed by atoms with Gasteiger partial charge in [0.25, 0.3) is 0 Å². The molecule has 1 unspecified atom stereocenters. The van der Waals surface area contributed by atoms with Gasteiger partial charge in [-0.1, -0.05) is 46.3 Å². The molecule has 0 amide bonds. The Balaban J connectivity index is 4.24. The quantitative estimate of drug-likeness (QED) is 0.632. The van der Waals surface area contributed by atoms with Gasteiger partial charge in [0.15, 0.2) is 0 Å².